The molecule has 1 nitrogen and oxygen atoms in total. The van der Waals surface area contributed by atoms with Gasteiger partial charge in [0.25, 0.3) is 0 Å². The molecule has 0 aromatic heterocycles. The van der Waals surface area contributed by atoms with Crippen molar-refractivity contribution in [3.05, 3.63) is 108 Å². The SMILES string of the molecule is OC(Cc1ccccc1)(Cc1ccccc1)Cc1ccccc1.[Ti]. The number of hydrogen-bond donors (Lipinski definition) is 1. The van der Waals surface area contributed by atoms with Gasteiger partial charge in [-0.05, 0) is 16.7 Å². The van der Waals surface area contributed by atoms with Crippen molar-refractivity contribution in [3.63, 3.8) is 0 Å². The second-order valence-electron chi connectivity index (χ2n) is 6.21. The van der Waals surface area contributed by atoms with Gasteiger partial charge in [-0.1, -0.05) is 91.0 Å². The molecule has 0 saturated heterocycles. The molecule has 0 saturated carbocycles. The van der Waals surface area contributed by atoms with E-state index in [-0.39, 0.29) is 21.7 Å². The Bertz CT molecular complexity index is 609. The first-order valence-electron chi connectivity index (χ1n) is 8.08. The molecule has 3 rings (SSSR count). The first kappa shape index (κ1) is 18.7. The molecule has 0 amide bonds. The Labute approximate surface area is 159 Å². The van der Waals surface area contributed by atoms with E-state index in [1.165, 1.54) is 16.7 Å². The van der Waals surface area contributed by atoms with E-state index < -0.39 is 5.60 Å². The maximum absolute atomic E-state index is 11.4. The van der Waals surface area contributed by atoms with E-state index >= 15 is 0 Å². The average molecular weight is 350 g/mol. The van der Waals surface area contributed by atoms with E-state index in [0.717, 1.165) is 0 Å². The minimum atomic E-state index is -0.788. The number of benzene rings is 3. The molecule has 1 N–H and O–H groups in total. The Kier molecular flexibility index (Phi) is 6.99. The van der Waals surface area contributed by atoms with Crippen molar-refractivity contribution < 1.29 is 26.8 Å². The molecular formula is C22H22OTi. The molecule has 0 aliphatic rings. The summed E-state index contributed by atoms with van der Waals surface area (Å²) >= 11 is 0. The molecule has 3 aromatic rings. The third kappa shape index (κ3) is 5.45. The molecule has 0 aliphatic heterocycles. The smallest absolute Gasteiger partial charge is 0.0768 e. The van der Waals surface area contributed by atoms with Crippen molar-refractivity contribution in [3.8, 4) is 0 Å². The number of rotatable bonds is 6. The first-order chi connectivity index (χ1) is 11.2. The second-order valence-corrected chi connectivity index (χ2v) is 6.21. The fourth-order valence-corrected chi connectivity index (χ4v) is 3.11. The van der Waals surface area contributed by atoms with Crippen LogP contribution in [0.1, 0.15) is 16.7 Å². The van der Waals surface area contributed by atoms with E-state index in [4.69, 9.17) is 0 Å². The van der Waals surface area contributed by atoms with Crippen LogP contribution < -0.4 is 0 Å². The summed E-state index contributed by atoms with van der Waals surface area (Å²) in [5, 5.41) is 11.4. The van der Waals surface area contributed by atoms with E-state index in [1.807, 2.05) is 54.6 Å². The van der Waals surface area contributed by atoms with Crippen molar-refractivity contribution in [1.29, 1.82) is 0 Å². The van der Waals surface area contributed by atoms with Gasteiger partial charge in [-0.3, -0.25) is 0 Å². The minimum Gasteiger partial charge on any atom is -0.389 e. The zero-order valence-electron chi connectivity index (χ0n) is 13.7. The maximum atomic E-state index is 11.4. The van der Waals surface area contributed by atoms with Gasteiger partial charge in [0.2, 0.25) is 0 Å². The van der Waals surface area contributed by atoms with Crippen LogP contribution in [0.25, 0.3) is 0 Å². The Morgan fingerprint density at radius 3 is 1.00 bits per heavy atom. The minimum absolute atomic E-state index is 0. The third-order valence-corrected chi connectivity index (χ3v) is 4.13. The van der Waals surface area contributed by atoms with Gasteiger partial charge in [-0.25, -0.2) is 0 Å². The fourth-order valence-electron chi connectivity index (χ4n) is 3.11. The first-order valence-corrected chi connectivity index (χ1v) is 8.08. The monoisotopic (exact) mass is 350 g/mol. The van der Waals surface area contributed by atoms with Crippen LogP contribution in [0.15, 0.2) is 91.0 Å². The Morgan fingerprint density at radius 2 is 0.750 bits per heavy atom. The molecule has 120 valence electrons. The molecule has 0 unspecified atom stereocenters. The quantitative estimate of drug-likeness (QED) is 0.652. The van der Waals surface area contributed by atoms with Crippen molar-refractivity contribution in [2.24, 2.45) is 0 Å². The van der Waals surface area contributed by atoms with Gasteiger partial charge in [0, 0.05) is 41.0 Å². The predicted octanol–water partition coefficient (Wildman–Crippen LogP) is 4.44. The van der Waals surface area contributed by atoms with Crippen LogP contribution in [-0.2, 0) is 41.0 Å². The molecule has 0 fully saturated rings. The third-order valence-electron chi connectivity index (χ3n) is 4.13. The van der Waals surface area contributed by atoms with Crippen molar-refractivity contribution in [1.82, 2.24) is 0 Å². The molecule has 2 heteroatoms. The largest absolute Gasteiger partial charge is 0.389 e. The van der Waals surface area contributed by atoms with Gasteiger partial charge >= 0.3 is 0 Å². The van der Waals surface area contributed by atoms with Crippen LogP contribution in [0.3, 0.4) is 0 Å². The second kappa shape index (κ2) is 8.98. The van der Waals surface area contributed by atoms with E-state index in [2.05, 4.69) is 36.4 Å². The summed E-state index contributed by atoms with van der Waals surface area (Å²) in [4.78, 5) is 0. The molecule has 0 aliphatic carbocycles. The molecule has 0 radical (unpaired) electrons. The Morgan fingerprint density at radius 1 is 0.500 bits per heavy atom. The van der Waals surface area contributed by atoms with Gasteiger partial charge in [0.1, 0.15) is 0 Å². The fraction of sp³-hybridized carbons (Fsp3) is 0.182. The van der Waals surface area contributed by atoms with Crippen LogP contribution in [0.5, 0.6) is 0 Å². The van der Waals surface area contributed by atoms with Gasteiger partial charge in [0.15, 0.2) is 0 Å². The van der Waals surface area contributed by atoms with Gasteiger partial charge in [0.05, 0.1) is 5.60 Å². The summed E-state index contributed by atoms with van der Waals surface area (Å²) in [5.74, 6) is 0. The number of aliphatic hydroxyl groups is 1. The standard InChI is InChI=1S/C22H22O.Ti/c23-22(16-19-10-4-1-5-11-19,17-20-12-6-2-7-13-20)18-21-14-8-3-9-15-21;/h1-15,23H,16-18H2;. The molecular weight excluding hydrogens is 328 g/mol. The van der Waals surface area contributed by atoms with Crippen LogP contribution in [-0.4, -0.2) is 10.7 Å². The number of hydrogen-bond acceptors (Lipinski definition) is 1. The summed E-state index contributed by atoms with van der Waals surface area (Å²) < 4.78 is 0. The van der Waals surface area contributed by atoms with Crippen molar-refractivity contribution in [2.75, 3.05) is 0 Å². The molecule has 24 heavy (non-hydrogen) atoms. The van der Waals surface area contributed by atoms with Gasteiger partial charge in [-0.2, -0.15) is 0 Å². The van der Waals surface area contributed by atoms with Crippen LogP contribution in [0.4, 0.5) is 0 Å². The zero-order chi connectivity index (χ0) is 16.0. The molecule has 0 spiro atoms. The summed E-state index contributed by atoms with van der Waals surface area (Å²) in [5.41, 5.74) is 2.72. The van der Waals surface area contributed by atoms with Crippen LogP contribution >= 0.6 is 0 Å². The Hall–Kier alpha value is -1.67. The predicted molar refractivity (Wildman–Crippen MR) is 95.4 cm³/mol. The summed E-state index contributed by atoms with van der Waals surface area (Å²) in [6.45, 7) is 0. The molecule has 3 aromatic carbocycles. The molecule has 0 heterocycles. The van der Waals surface area contributed by atoms with Crippen LogP contribution in [0, 0.1) is 0 Å². The van der Waals surface area contributed by atoms with Crippen molar-refractivity contribution in [2.45, 2.75) is 24.9 Å². The molecule has 0 bridgehead atoms. The maximum Gasteiger partial charge on any atom is 0.0768 e. The van der Waals surface area contributed by atoms with Gasteiger partial charge in [-0.15, -0.1) is 0 Å². The zero-order valence-corrected chi connectivity index (χ0v) is 15.3. The Balaban J connectivity index is 0.00000208. The van der Waals surface area contributed by atoms with Gasteiger partial charge < -0.3 is 5.11 Å². The van der Waals surface area contributed by atoms with E-state index in [0.29, 0.717) is 19.3 Å². The van der Waals surface area contributed by atoms with E-state index in [1.54, 1.807) is 0 Å². The average Bonchev–Trinajstić information content (AvgIpc) is 2.57. The summed E-state index contributed by atoms with van der Waals surface area (Å²) in [7, 11) is 0. The normalized spacial score (nSPS) is 10.9. The summed E-state index contributed by atoms with van der Waals surface area (Å²) in [6.07, 6.45) is 1.95. The van der Waals surface area contributed by atoms with E-state index in [9.17, 15) is 5.11 Å². The van der Waals surface area contributed by atoms with Crippen molar-refractivity contribution >= 4 is 0 Å². The topological polar surface area (TPSA) is 20.2 Å². The molecule has 0 atom stereocenters. The van der Waals surface area contributed by atoms with Crippen LogP contribution in [0.2, 0.25) is 0 Å². The summed E-state index contributed by atoms with van der Waals surface area (Å²) in [6, 6.07) is 30.7.